The van der Waals surface area contributed by atoms with E-state index in [2.05, 4.69) is 4.98 Å². The molecule has 1 rings (SSSR count). The van der Waals surface area contributed by atoms with Crippen molar-refractivity contribution < 1.29 is 4.74 Å². The molecule has 0 aliphatic rings. The number of likely N-dealkylation sites (N-methyl/N-ethyl adjacent to an activating group) is 1. The molecule has 0 aliphatic carbocycles. The molecular weight excluding hydrogens is 228 g/mol. The first-order valence-electron chi connectivity index (χ1n) is 6.06. The van der Waals surface area contributed by atoms with Crippen molar-refractivity contribution in [3.8, 4) is 0 Å². The highest BCUT2D eigenvalue weighted by Gasteiger charge is 2.07. The first kappa shape index (κ1) is 14.4. The number of aromatic nitrogens is 1. The van der Waals surface area contributed by atoms with Crippen molar-refractivity contribution in [2.45, 2.75) is 26.9 Å². The van der Waals surface area contributed by atoms with Crippen molar-refractivity contribution >= 4 is 11.7 Å². The Bertz CT molecular complexity index is 417. The molecule has 0 fully saturated rings. The average Bonchev–Trinajstić information content (AvgIpc) is 2.27. The third-order valence-corrected chi connectivity index (χ3v) is 2.52. The number of nitrogens with zero attached hydrogens (tertiary/aromatic N) is 2. The molecule has 0 amide bonds. The Morgan fingerprint density at radius 1 is 1.50 bits per heavy atom. The minimum absolute atomic E-state index is 0.0635. The molecule has 18 heavy (non-hydrogen) atoms. The van der Waals surface area contributed by atoms with Crippen molar-refractivity contribution in [2.75, 3.05) is 25.1 Å². The van der Waals surface area contributed by atoms with Crippen LogP contribution in [0.15, 0.2) is 12.1 Å². The monoisotopic (exact) mass is 250 g/mol. The molecule has 1 aromatic rings. The van der Waals surface area contributed by atoms with Crippen LogP contribution in [0.4, 0.5) is 5.82 Å². The number of pyridine rings is 1. The third-order valence-electron chi connectivity index (χ3n) is 2.52. The number of aryl methyl sites for hydroxylation is 1. The molecule has 0 radical (unpaired) electrons. The summed E-state index contributed by atoms with van der Waals surface area (Å²) in [7, 11) is 1.95. The molecule has 100 valence electrons. The molecule has 5 heteroatoms. The van der Waals surface area contributed by atoms with Crippen LogP contribution in [0.3, 0.4) is 0 Å². The number of amidine groups is 1. The largest absolute Gasteiger partial charge is 0.384 e. The van der Waals surface area contributed by atoms with Crippen LogP contribution in [0.25, 0.3) is 0 Å². The summed E-state index contributed by atoms with van der Waals surface area (Å²) in [5, 5.41) is 7.47. The number of nitrogen functional groups attached to an aromatic ring is 1. The Labute approximate surface area is 108 Å². The van der Waals surface area contributed by atoms with Gasteiger partial charge in [-0.05, 0) is 32.9 Å². The van der Waals surface area contributed by atoms with Crippen LogP contribution in [-0.2, 0) is 4.74 Å². The lowest BCUT2D eigenvalue weighted by molar-refractivity contribution is 0.0845. The van der Waals surface area contributed by atoms with Gasteiger partial charge in [-0.15, -0.1) is 0 Å². The predicted molar refractivity (Wildman–Crippen MR) is 74.3 cm³/mol. The van der Waals surface area contributed by atoms with Gasteiger partial charge in [-0.3, -0.25) is 5.41 Å². The van der Waals surface area contributed by atoms with E-state index in [0.29, 0.717) is 12.2 Å². The lowest BCUT2D eigenvalue weighted by Gasteiger charge is -2.20. The van der Waals surface area contributed by atoms with Gasteiger partial charge < -0.3 is 15.4 Å². The van der Waals surface area contributed by atoms with Crippen LogP contribution in [-0.4, -0.2) is 37.1 Å². The average molecular weight is 250 g/mol. The standard InChI is InChI=1S/C13H22N4O/c1-9(2)18-6-5-17(4)12-8-11(13(14)15)7-10(3)16-12/h7-9H,5-6H2,1-4H3,(H3,14,15). The number of anilines is 1. The summed E-state index contributed by atoms with van der Waals surface area (Å²) in [4.78, 5) is 6.43. The Balaban J connectivity index is 2.73. The lowest BCUT2D eigenvalue weighted by atomic mass is 10.2. The van der Waals surface area contributed by atoms with E-state index in [1.807, 2.05) is 44.9 Å². The van der Waals surface area contributed by atoms with Gasteiger partial charge in [0.1, 0.15) is 11.7 Å². The molecule has 0 spiro atoms. The Kier molecular flexibility index (Phi) is 5.09. The van der Waals surface area contributed by atoms with Crippen molar-refractivity contribution in [2.24, 2.45) is 5.73 Å². The molecule has 0 aromatic carbocycles. The molecule has 0 saturated carbocycles. The smallest absolute Gasteiger partial charge is 0.129 e. The molecule has 1 heterocycles. The quantitative estimate of drug-likeness (QED) is 0.593. The normalized spacial score (nSPS) is 10.7. The van der Waals surface area contributed by atoms with Gasteiger partial charge in [0.2, 0.25) is 0 Å². The minimum Gasteiger partial charge on any atom is -0.384 e. The van der Waals surface area contributed by atoms with Crippen LogP contribution in [0.2, 0.25) is 0 Å². The number of ether oxygens (including phenoxy) is 1. The summed E-state index contributed by atoms with van der Waals surface area (Å²) in [6, 6.07) is 3.63. The van der Waals surface area contributed by atoms with Gasteiger partial charge in [-0.25, -0.2) is 4.98 Å². The minimum atomic E-state index is 0.0635. The fourth-order valence-electron chi connectivity index (χ4n) is 1.54. The zero-order valence-electron chi connectivity index (χ0n) is 11.5. The van der Waals surface area contributed by atoms with Crippen molar-refractivity contribution in [3.63, 3.8) is 0 Å². The highest BCUT2D eigenvalue weighted by Crippen LogP contribution is 2.13. The number of hydrogen-bond acceptors (Lipinski definition) is 4. The third kappa shape index (κ3) is 4.33. The summed E-state index contributed by atoms with van der Waals surface area (Å²) in [5.74, 6) is 0.876. The Morgan fingerprint density at radius 2 is 2.17 bits per heavy atom. The van der Waals surface area contributed by atoms with E-state index in [4.69, 9.17) is 15.9 Å². The highest BCUT2D eigenvalue weighted by molar-refractivity contribution is 5.95. The second kappa shape index (κ2) is 6.35. The van der Waals surface area contributed by atoms with Crippen LogP contribution < -0.4 is 10.6 Å². The molecule has 5 nitrogen and oxygen atoms in total. The van der Waals surface area contributed by atoms with Gasteiger partial charge in [0, 0.05) is 24.8 Å². The maximum atomic E-state index is 7.47. The van der Waals surface area contributed by atoms with Crippen molar-refractivity contribution in [1.82, 2.24) is 4.98 Å². The number of hydrogen-bond donors (Lipinski definition) is 2. The number of rotatable bonds is 6. The molecule has 0 saturated heterocycles. The first-order valence-corrected chi connectivity index (χ1v) is 6.06. The van der Waals surface area contributed by atoms with E-state index in [-0.39, 0.29) is 11.9 Å². The summed E-state index contributed by atoms with van der Waals surface area (Å²) < 4.78 is 5.51. The van der Waals surface area contributed by atoms with E-state index in [1.165, 1.54) is 0 Å². The summed E-state index contributed by atoms with van der Waals surface area (Å²) in [6.07, 6.45) is 0.233. The Hall–Kier alpha value is -1.62. The fraction of sp³-hybridized carbons (Fsp3) is 0.538. The maximum absolute atomic E-state index is 7.47. The molecule has 0 unspecified atom stereocenters. The van der Waals surface area contributed by atoms with Gasteiger partial charge in [-0.2, -0.15) is 0 Å². The number of nitrogens with one attached hydrogen (secondary N) is 1. The lowest BCUT2D eigenvalue weighted by Crippen LogP contribution is -2.25. The molecule has 0 bridgehead atoms. The second-order valence-corrected chi connectivity index (χ2v) is 4.61. The van der Waals surface area contributed by atoms with Crippen LogP contribution in [0.5, 0.6) is 0 Å². The number of nitrogens with two attached hydrogens (primary N) is 1. The predicted octanol–water partition coefficient (Wildman–Crippen LogP) is 1.54. The topological polar surface area (TPSA) is 75.2 Å². The maximum Gasteiger partial charge on any atom is 0.129 e. The van der Waals surface area contributed by atoms with Crippen LogP contribution in [0, 0.1) is 12.3 Å². The van der Waals surface area contributed by atoms with E-state index in [1.54, 1.807) is 0 Å². The molecule has 0 atom stereocenters. The molecular formula is C13H22N4O. The SMILES string of the molecule is Cc1cc(C(=N)N)cc(N(C)CCOC(C)C)n1. The first-order chi connectivity index (χ1) is 8.40. The second-order valence-electron chi connectivity index (χ2n) is 4.61. The molecule has 3 N–H and O–H groups in total. The van der Waals surface area contributed by atoms with Gasteiger partial charge in [0.05, 0.1) is 12.7 Å². The van der Waals surface area contributed by atoms with E-state index in [9.17, 15) is 0 Å². The van der Waals surface area contributed by atoms with Crippen LogP contribution in [0.1, 0.15) is 25.1 Å². The summed E-state index contributed by atoms with van der Waals surface area (Å²) >= 11 is 0. The summed E-state index contributed by atoms with van der Waals surface area (Å²) in [5.41, 5.74) is 7.06. The van der Waals surface area contributed by atoms with Gasteiger partial charge in [0.25, 0.3) is 0 Å². The van der Waals surface area contributed by atoms with Crippen LogP contribution >= 0.6 is 0 Å². The van der Waals surface area contributed by atoms with Crippen molar-refractivity contribution in [3.05, 3.63) is 23.4 Å². The van der Waals surface area contributed by atoms with Crippen molar-refractivity contribution in [1.29, 1.82) is 5.41 Å². The van der Waals surface area contributed by atoms with Gasteiger partial charge >= 0.3 is 0 Å². The summed E-state index contributed by atoms with van der Waals surface area (Å²) in [6.45, 7) is 7.33. The molecule has 1 aromatic heterocycles. The Morgan fingerprint density at radius 3 is 2.72 bits per heavy atom. The molecule has 0 aliphatic heterocycles. The zero-order valence-corrected chi connectivity index (χ0v) is 11.5. The fourth-order valence-corrected chi connectivity index (χ4v) is 1.54. The highest BCUT2D eigenvalue weighted by atomic mass is 16.5. The van der Waals surface area contributed by atoms with Gasteiger partial charge in [0.15, 0.2) is 0 Å². The van der Waals surface area contributed by atoms with E-state index in [0.717, 1.165) is 18.1 Å². The van der Waals surface area contributed by atoms with E-state index < -0.39 is 0 Å². The van der Waals surface area contributed by atoms with Gasteiger partial charge in [-0.1, -0.05) is 0 Å². The zero-order chi connectivity index (χ0) is 13.7. The van der Waals surface area contributed by atoms with E-state index >= 15 is 0 Å².